The zero-order valence-corrected chi connectivity index (χ0v) is 17.5. The number of hydrogen-bond donors (Lipinski definition) is 1. The summed E-state index contributed by atoms with van der Waals surface area (Å²) in [5, 5.41) is 9.84. The summed E-state index contributed by atoms with van der Waals surface area (Å²) in [5.74, 6) is 1.41. The van der Waals surface area contributed by atoms with E-state index >= 15 is 0 Å². The van der Waals surface area contributed by atoms with Gasteiger partial charge < -0.3 is 24.1 Å². The van der Waals surface area contributed by atoms with Gasteiger partial charge in [-0.05, 0) is 48.2 Å². The van der Waals surface area contributed by atoms with Gasteiger partial charge in [-0.15, -0.1) is 11.6 Å². The summed E-state index contributed by atoms with van der Waals surface area (Å²) in [7, 11) is 4.66. The summed E-state index contributed by atoms with van der Waals surface area (Å²) in [6, 6.07) is 10.8. The monoisotopic (exact) mass is 420 g/mol. The molecule has 29 heavy (non-hydrogen) atoms. The third-order valence-electron chi connectivity index (χ3n) is 5.54. The second kappa shape index (κ2) is 8.82. The predicted molar refractivity (Wildman–Crippen MR) is 109 cm³/mol. The van der Waals surface area contributed by atoms with Crippen LogP contribution in [0.5, 0.6) is 23.0 Å². The van der Waals surface area contributed by atoms with E-state index in [4.69, 9.17) is 30.5 Å². The molecule has 0 amide bonds. The van der Waals surface area contributed by atoms with Gasteiger partial charge in [0.2, 0.25) is 0 Å². The van der Waals surface area contributed by atoms with E-state index in [1.54, 1.807) is 32.4 Å². The minimum Gasteiger partial charge on any atom is -0.504 e. The number of cyclic esters (lactones) is 1. The summed E-state index contributed by atoms with van der Waals surface area (Å²) in [6.45, 7) is 0.301. The zero-order chi connectivity index (χ0) is 21.0. The molecule has 0 radical (unpaired) electrons. The van der Waals surface area contributed by atoms with Crippen molar-refractivity contribution in [2.45, 2.75) is 12.8 Å². The first kappa shape index (κ1) is 21.1. The number of alkyl halides is 1. The van der Waals surface area contributed by atoms with E-state index in [1.165, 1.54) is 7.11 Å². The van der Waals surface area contributed by atoms with Crippen molar-refractivity contribution in [2.24, 2.45) is 11.3 Å². The van der Waals surface area contributed by atoms with E-state index in [2.05, 4.69) is 0 Å². The van der Waals surface area contributed by atoms with Crippen LogP contribution in [0.2, 0.25) is 0 Å². The molecule has 7 heteroatoms. The Balaban J connectivity index is 1.89. The van der Waals surface area contributed by atoms with Crippen LogP contribution >= 0.6 is 11.6 Å². The van der Waals surface area contributed by atoms with Crippen molar-refractivity contribution in [1.82, 2.24) is 0 Å². The number of halogens is 1. The van der Waals surface area contributed by atoms with E-state index in [0.29, 0.717) is 36.7 Å². The van der Waals surface area contributed by atoms with Crippen LogP contribution in [0, 0.1) is 11.3 Å². The van der Waals surface area contributed by atoms with Crippen molar-refractivity contribution in [1.29, 1.82) is 0 Å². The first-order valence-corrected chi connectivity index (χ1v) is 9.80. The average Bonchev–Trinajstić information content (AvgIpc) is 3.04. The van der Waals surface area contributed by atoms with Gasteiger partial charge in [0.15, 0.2) is 23.0 Å². The standard InChI is InChI=1S/C22H25ClO6/c1-26-18-7-5-14(9-20(18)28-3)8-16-12-29-21(25)22(16,13-23)11-15-4-6-17(24)19(10-15)27-2/h4-7,9-10,16,24H,8,11-13H2,1-3H3/t16-,22-/m0/s1. The van der Waals surface area contributed by atoms with E-state index in [0.717, 1.165) is 11.1 Å². The molecule has 3 rings (SSSR count). The fraction of sp³-hybridized carbons (Fsp3) is 0.409. The van der Waals surface area contributed by atoms with Crippen molar-refractivity contribution >= 4 is 17.6 Å². The van der Waals surface area contributed by atoms with Gasteiger partial charge in [0.25, 0.3) is 0 Å². The fourth-order valence-electron chi connectivity index (χ4n) is 3.82. The molecular formula is C22H25ClO6. The molecule has 0 aromatic heterocycles. The maximum Gasteiger partial charge on any atom is 0.314 e. The maximum atomic E-state index is 12.7. The molecule has 156 valence electrons. The number of methoxy groups -OCH3 is 3. The maximum absolute atomic E-state index is 12.7. The number of phenolic OH excluding ortho intramolecular Hbond substituents is 1. The Morgan fingerprint density at radius 1 is 1.03 bits per heavy atom. The quantitative estimate of drug-likeness (QED) is 0.519. The second-order valence-corrected chi connectivity index (χ2v) is 7.43. The molecule has 2 atom stereocenters. The molecule has 1 aliphatic heterocycles. The number of aromatic hydroxyl groups is 1. The first-order valence-electron chi connectivity index (χ1n) is 9.27. The van der Waals surface area contributed by atoms with Crippen LogP contribution in [-0.4, -0.2) is 44.9 Å². The lowest BCUT2D eigenvalue weighted by Crippen LogP contribution is -2.38. The highest BCUT2D eigenvalue weighted by Crippen LogP contribution is 2.43. The molecule has 1 N–H and O–H groups in total. The van der Waals surface area contributed by atoms with Crippen LogP contribution in [0.1, 0.15) is 11.1 Å². The topological polar surface area (TPSA) is 74.2 Å². The highest BCUT2D eigenvalue weighted by Gasteiger charge is 2.51. The minimum atomic E-state index is -0.864. The third-order valence-corrected chi connectivity index (χ3v) is 6.01. The lowest BCUT2D eigenvalue weighted by Gasteiger charge is -2.29. The number of phenols is 1. The second-order valence-electron chi connectivity index (χ2n) is 7.16. The van der Waals surface area contributed by atoms with Crippen molar-refractivity contribution < 1.29 is 28.8 Å². The van der Waals surface area contributed by atoms with E-state index < -0.39 is 5.41 Å². The summed E-state index contributed by atoms with van der Waals surface area (Å²) in [4.78, 5) is 12.7. The molecule has 0 aliphatic carbocycles. The molecule has 1 heterocycles. The molecule has 1 aliphatic rings. The molecule has 0 spiro atoms. The van der Waals surface area contributed by atoms with Gasteiger partial charge >= 0.3 is 5.97 Å². The first-order chi connectivity index (χ1) is 14.0. The molecule has 0 bridgehead atoms. The molecular weight excluding hydrogens is 396 g/mol. The lowest BCUT2D eigenvalue weighted by molar-refractivity contribution is -0.145. The van der Waals surface area contributed by atoms with Crippen LogP contribution in [0.15, 0.2) is 36.4 Å². The smallest absolute Gasteiger partial charge is 0.314 e. The normalized spacial score (nSPS) is 21.0. The highest BCUT2D eigenvalue weighted by atomic mass is 35.5. The Labute approximate surface area is 175 Å². The van der Waals surface area contributed by atoms with Gasteiger partial charge in [0.1, 0.15) is 0 Å². The van der Waals surface area contributed by atoms with Crippen LogP contribution < -0.4 is 14.2 Å². The number of carbonyl (C=O) groups is 1. The average molecular weight is 421 g/mol. The fourth-order valence-corrected chi connectivity index (χ4v) is 4.24. The predicted octanol–water partition coefficient (Wildman–Crippen LogP) is 3.60. The van der Waals surface area contributed by atoms with Crippen molar-refractivity contribution in [3.05, 3.63) is 47.5 Å². The van der Waals surface area contributed by atoms with Crippen LogP contribution in [0.25, 0.3) is 0 Å². The third kappa shape index (κ3) is 4.08. The Morgan fingerprint density at radius 2 is 1.69 bits per heavy atom. The Morgan fingerprint density at radius 3 is 2.34 bits per heavy atom. The van der Waals surface area contributed by atoms with Gasteiger partial charge in [-0.3, -0.25) is 4.79 Å². The zero-order valence-electron chi connectivity index (χ0n) is 16.7. The van der Waals surface area contributed by atoms with Crippen LogP contribution in [0.4, 0.5) is 0 Å². The summed E-state index contributed by atoms with van der Waals surface area (Å²) >= 11 is 6.36. The Kier molecular flexibility index (Phi) is 6.42. The SMILES string of the molecule is COc1cc(C[C@@]2(CCl)C(=O)OC[C@@H]2Cc2ccc(OC)c(OC)c2)ccc1O. The van der Waals surface area contributed by atoms with E-state index in [-0.39, 0.29) is 23.5 Å². The van der Waals surface area contributed by atoms with Gasteiger partial charge in [0.05, 0.1) is 33.4 Å². The molecule has 6 nitrogen and oxygen atoms in total. The number of esters is 1. The van der Waals surface area contributed by atoms with Gasteiger partial charge in [-0.1, -0.05) is 12.1 Å². The summed E-state index contributed by atoms with van der Waals surface area (Å²) < 4.78 is 21.3. The van der Waals surface area contributed by atoms with Gasteiger partial charge in [-0.2, -0.15) is 0 Å². The van der Waals surface area contributed by atoms with Gasteiger partial charge in [0, 0.05) is 11.8 Å². The van der Waals surface area contributed by atoms with Gasteiger partial charge in [-0.25, -0.2) is 0 Å². The van der Waals surface area contributed by atoms with E-state index in [9.17, 15) is 9.90 Å². The highest BCUT2D eigenvalue weighted by molar-refractivity contribution is 6.20. The number of ether oxygens (including phenoxy) is 4. The lowest BCUT2D eigenvalue weighted by atomic mass is 9.72. The molecule has 2 aromatic rings. The number of carbonyl (C=O) groups excluding carboxylic acids is 1. The molecule has 0 unspecified atom stereocenters. The van der Waals surface area contributed by atoms with Crippen molar-refractivity contribution in [3.63, 3.8) is 0 Å². The molecule has 1 saturated heterocycles. The molecule has 1 fully saturated rings. The number of hydrogen-bond acceptors (Lipinski definition) is 6. The number of benzene rings is 2. The van der Waals surface area contributed by atoms with Crippen LogP contribution in [-0.2, 0) is 22.4 Å². The molecule has 0 saturated carbocycles. The largest absolute Gasteiger partial charge is 0.504 e. The van der Waals surface area contributed by atoms with E-state index in [1.807, 2.05) is 18.2 Å². The van der Waals surface area contributed by atoms with Crippen LogP contribution in [0.3, 0.4) is 0 Å². The Hall–Kier alpha value is -2.60. The van der Waals surface area contributed by atoms with Crippen molar-refractivity contribution in [2.75, 3.05) is 33.8 Å². The minimum absolute atomic E-state index is 0.0482. The summed E-state index contributed by atoms with van der Waals surface area (Å²) in [5.41, 5.74) is 0.983. The van der Waals surface area contributed by atoms with Crippen molar-refractivity contribution in [3.8, 4) is 23.0 Å². The molecule has 2 aromatic carbocycles. The Bertz CT molecular complexity index is 884. The number of rotatable bonds is 8. The summed E-state index contributed by atoms with van der Waals surface area (Å²) in [6.07, 6.45) is 0.998.